The third-order valence-electron chi connectivity index (χ3n) is 5.21. The van der Waals surface area contributed by atoms with Crippen molar-refractivity contribution in [2.45, 2.75) is 18.9 Å². The second-order valence-electron chi connectivity index (χ2n) is 7.07. The molecule has 0 unspecified atom stereocenters. The highest BCUT2D eigenvalue weighted by atomic mass is 16.4. The maximum Gasteiger partial charge on any atom is 0.336 e. The number of aromatic carboxylic acids is 1. The molecule has 138 valence electrons. The molecule has 1 saturated heterocycles. The molecule has 0 saturated carbocycles. The first-order chi connectivity index (χ1) is 13.1. The molecule has 0 aliphatic carbocycles. The average Bonchev–Trinajstić information content (AvgIpc) is 3.31. The van der Waals surface area contributed by atoms with Crippen LogP contribution in [0.15, 0.2) is 54.9 Å². The molecule has 3 aromatic rings. The van der Waals surface area contributed by atoms with Crippen LogP contribution < -0.4 is 0 Å². The summed E-state index contributed by atoms with van der Waals surface area (Å²) in [5.41, 5.74) is 3.23. The van der Waals surface area contributed by atoms with Crippen LogP contribution in [0.25, 0.3) is 11.1 Å². The fraction of sp³-hybridized carbons (Fsp3) is 0.286. The molecule has 2 heterocycles. The van der Waals surface area contributed by atoms with Gasteiger partial charge in [0.05, 0.1) is 5.56 Å². The Labute approximate surface area is 158 Å². The van der Waals surface area contributed by atoms with Gasteiger partial charge in [-0.2, -0.15) is 0 Å². The molecule has 4 rings (SSSR count). The van der Waals surface area contributed by atoms with E-state index in [0.29, 0.717) is 11.5 Å². The van der Waals surface area contributed by atoms with Crippen LogP contribution in [0.3, 0.4) is 0 Å². The van der Waals surface area contributed by atoms with Crippen LogP contribution >= 0.6 is 0 Å². The lowest BCUT2D eigenvalue weighted by Crippen LogP contribution is -2.20. The van der Waals surface area contributed by atoms with E-state index in [1.54, 1.807) is 18.5 Å². The fourth-order valence-corrected chi connectivity index (χ4v) is 3.82. The van der Waals surface area contributed by atoms with Crippen molar-refractivity contribution in [3.05, 3.63) is 71.8 Å². The van der Waals surface area contributed by atoms with Crippen molar-refractivity contribution in [2.75, 3.05) is 13.1 Å². The SMILES string of the molecule is Cn1cnnc1[C@H]1CCN(Cc2ccc(-c3ccccc3C(=O)O)cc2)C1. The minimum Gasteiger partial charge on any atom is -0.478 e. The number of carbonyl (C=O) groups is 1. The molecule has 0 spiro atoms. The fourth-order valence-electron chi connectivity index (χ4n) is 3.82. The number of aryl methyl sites for hydroxylation is 1. The number of aromatic nitrogens is 3. The van der Waals surface area contributed by atoms with E-state index in [1.807, 2.05) is 35.9 Å². The largest absolute Gasteiger partial charge is 0.478 e. The summed E-state index contributed by atoms with van der Waals surface area (Å²) < 4.78 is 2.00. The molecule has 0 radical (unpaired) electrons. The topological polar surface area (TPSA) is 71.2 Å². The molecular formula is C21H22N4O2. The van der Waals surface area contributed by atoms with E-state index >= 15 is 0 Å². The number of carboxylic acid groups (broad SMARTS) is 1. The van der Waals surface area contributed by atoms with Crippen molar-refractivity contribution >= 4 is 5.97 Å². The Kier molecular flexibility index (Phi) is 4.73. The summed E-state index contributed by atoms with van der Waals surface area (Å²) in [7, 11) is 1.99. The molecule has 0 amide bonds. The van der Waals surface area contributed by atoms with Gasteiger partial charge in [-0.25, -0.2) is 4.79 Å². The van der Waals surface area contributed by atoms with E-state index in [9.17, 15) is 9.90 Å². The van der Waals surface area contributed by atoms with Gasteiger partial charge in [-0.1, -0.05) is 42.5 Å². The molecule has 1 aliphatic rings. The van der Waals surface area contributed by atoms with Gasteiger partial charge in [0.2, 0.25) is 0 Å². The molecule has 6 heteroatoms. The van der Waals surface area contributed by atoms with E-state index in [2.05, 4.69) is 27.2 Å². The molecule has 1 aliphatic heterocycles. The lowest BCUT2D eigenvalue weighted by atomic mass is 9.98. The Bertz CT molecular complexity index is 949. The number of hydrogen-bond acceptors (Lipinski definition) is 4. The minimum absolute atomic E-state index is 0.330. The lowest BCUT2D eigenvalue weighted by Gasteiger charge is -2.16. The number of nitrogens with zero attached hydrogens (tertiary/aromatic N) is 4. The normalized spacial score (nSPS) is 17.3. The number of carboxylic acids is 1. The Morgan fingerprint density at radius 1 is 1.19 bits per heavy atom. The highest BCUT2D eigenvalue weighted by molar-refractivity contribution is 5.95. The van der Waals surface area contributed by atoms with Crippen LogP contribution in [0.1, 0.15) is 34.1 Å². The highest BCUT2D eigenvalue weighted by Gasteiger charge is 2.27. The summed E-state index contributed by atoms with van der Waals surface area (Å²) in [4.78, 5) is 13.9. The van der Waals surface area contributed by atoms with Gasteiger partial charge >= 0.3 is 5.97 Å². The second kappa shape index (κ2) is 7.32. The third-order valence-corrected chi connectivity index (χ3v) is 5.21. The highest BCUT2D eigenvalue weighted by Crippen LogP contribution is 2.28. The minimum atomic E-state index is -0.901. The van der Waals surface area contributed by atoms with Crippen LogP contribution in [0, 0.1) is 0 Å². The van der Waals surface area contributed by atoms with E-state index in [0.717, 1.165) is 43.0 Å². The van der Waals surface area contributed by atoms with Crippen molar-refractivity contribution in [1.29, 1.82) is 0 Å². The monoisotopic (exact) mass is 362 g/mol. The first kappa shape index (κ1) is 17.4. The van der Waals surface area contributed by atoms with Gasteiger partial charge in [0, 0.05) is 26.1 Å². The molecule has 6 nitrogen and oxygen atoms in total. The first-order valence-corrected chi connectivity index (χ1v) is 9.09. The molecular weight excluding hydrogens is 340 g/mol. The predicted molar refractivity (Wildman–Crippen MR) is 102 cm³/mol. The second-order valence-corrected chi connectivity index (χ2v) is 7.07. The third kappa shape index (κ3) is 3.61. The summed E-state index contributed by atoms with van der Waals surface area (Å²) >= 11 is 0. The molecule has 2 aromatic carbocycles. The lowest BCUT2D eigenvalue weighted by molar-refractivity contribution is 0.0697. The first-order valence-electron chi connectivity index (χ1n) is 9.09. The Balaban J connectivity index is 1.45. The van der Waals surface area contributed by atoms with Gasteiger partial charge < -0.3 is 9.67 Å². The smallest absolute Gasteiger partial charge is 0.336 e. The molecule has 1 atom stereocenters. The molecule has 27 heavy (non-hydrogen) atoms. The molecule has 1 N–H and O–H groups in total. The number of rotatable bonds is 5. The number of hydrogen-bond donors (Lipinski definition) is 1. The van der Waals surface area contributed by atoms with Gasteiger partial charge in [-0.15, -0.1) is 10.2 Å². The Morgan fingerprint density at radius 3 is 2.67 bits per heavy atom. The van der Waals surface area contributed by atoms with Crippen molar-refractivity contribution in [3.8, 4) is 11.1 Å². The summed E-state index contributed by atoms with van der Waals surface area (Å²) in [6.07, 6.45) is 2.85. The van der Waals surface area contributed by atoms with E-state index in [1.165, 1.54) is 5.56 Å². The van der Waals surface area contributed by atoms with Gasteiger partial charge in [-0.3, -0.25) is 4.90 Å². The number of likely N-dealkylation sites (tertiary alicyclic amines) is 1. The molecule has 1 fully saturated rings. The van der Waals surface area contributed by atoms with E-state index in [4.69, 9.17) is 0 Å². The van der Waals surface area contributed by atoms with E-state index < -0.39 is 5.97 Å². The van der Waals surface area contributed by atoms with Gasteiger partial charge in [0.1, 0.15) is 12.2 Å². The van der Waals surface area contributed by atoms with Crippen molar-refractivity contribution < 1.29 is 9.90 Å². The summed E-state index contributed by atoms with van der Waals surface area (Å²) in [5.74, 6) is 0.582. The quantitative estimate of drug-likeness (QED) is 0.755. The van der Waals surface area contributed by atoms with Gasteiger partial charge in [0.25, 0.3) is 0 Å². The maximum absolute atomic E-state index is 11.4. The predicted octanol–water partition coefficient (Wildman–Crippen LogP) is 3.17. The van der Waals surface area contributed by atoms with Crippen LogP contribution in [0.4, 0.5) is 0 Å². The maximum atomic E-state index is 11.4. The van der Waals surface area contributed by atoms with Crippen molar-refractivity contribution in [3.63, 3.8) is 0 Å². The zero-order chi connectivity index (χ0) is 18.8. The van der Waals surface area contributed by atoms with Crippen LogP contribution in [-0.4, -0.2) is 43.8 Å². The molecule has 0 bridgehead atoms. The van der Waals surface area contributed by atoms with Crippen LogP contribution in [-0.2, 0) is 13.6 Å². The summed E-state index contributed by atoms with van der Waals surface area (Å²) in [5, 5.41) is 17.6. The van der Waals surface area contributed by atoms with Gasteiger partial charge in [-0.05, 0) is 35.7 Å². The Hall–Kier alpha value is -2.99. The zero-order valence-electron chi connectivity index (χ0n) is 15.2. The molecule has 1 aromatic heterocycles. The van der Waals surface area contributed by atoms with Gasteiger partial charge in [0.15, 0.2) is 0 Å². The zero-order valence-corrected chi connectivity index (χ0v) is 15.2. The standard InChI is InChI=1S/C21H22N4O2/c1-24-14-22-23-20(24)17-10-11-25(13-17)12-15-6-8-16(9-7-15)18-4-2-3-5-19(18)21(26)27/h2-9,14,17H,10-13H2,1H3,(H,26,27)/t17-/m0/s1. The van der Waals surface area contributed by atoms with E-state index in [-0.39, 0.29) is 0 Å². The van der Waals surface area contributed by atoms with Crippen LogP contribution in [0.2, 0.25) is 0 Å². The Morgan fingerprint density at radius 2 is 1.96 bits per heavy atom. The van der Waals surface area contributed by atoms with Crippen molar-refractivity contribution in [2.24, 2.45) is 7.05 Å². The average molecular weight is 362 g/mol. The summed E-state index contributed by atoms with van der Waals surface area (Å²) in [6, 6.07) is 15.3. The summed E-state index contributed by atoms with van der Waals surface area (Å²) in [6.45, 7) is 2.91. The number of benzene rings is 2. The van der Waals surface area contributed by atoms with Crippen LogP contribution in [0.5, 0.6) is 0 Å². The van der Waals surface area contributed by atoms with Crippen molar-refractivity contribution in [1.82, 2.24) is 19.7 Å².